The van der Waals surface area contributed by atoms with E-state index in [-0.39, 0.29) is 23.5 Å². The molecule has 4 aliphatic heterocycles. The third-order valence-electron chi connectivity index (χ3n) is 11.4. The molecule has 3 amide bonds. The van der Waals surface area contributed by atoms with Crippen molar-refractivity contribution in [2.45, 2.75) is 50.0 Å². The number of unbranched alkanes of at least 4 members (excludes halogenated alkanes) is 2. The second-order valence-electron chi connectivity index (χ2n) is 14.8. The molecule has 8 rings (SSSR count). The number of piperazine rings is 1. The van der Waals surface area contributed by atoms with Crippen LogP contribution in [0.15, 0.2) is 103 Å². The standard InChI is InChI=1S/C44H47N5O5/c1-29-10-19-39(42(51)46-29)49-43(52)35-17-13-32(26-37(35)44(49)53)45-20-6-3-7-21-47-22-24-48(25-23-47)33-14-11-31(12-15-33)41-36-18-16-34(50)27-40(36)54-28-38(41)30-8-4-2-5-9-30/h2,4-5,8-9,11-18,26-27,38-39,41,45,50H,1,3,6-7,10,19-25,28H2,(H,46,51). The summed E-state index contributed by atoms with van der Waals surface area (Å²) in [6, 6.07) is 29.5. The number of aromatic hydroxyl groups is 1. The smallest absolute Gasteiger partial charge is 0.262 e. The van der Waals surface area contributed by atoms with Gasteiger partial charge in [-0.3, -0.25) is 24.2 Å². The molecule has 10 heteroatoms. The molecule has 0 aliphatic carbocycles. The highest BCUT2D eigenvalue weighted by atomic mass is 16.5. The van der Waals surface area contributed by atoms with Crippen LogP contribution in [-0.2, 0) is 4.79 Å². The van der Waals surface area contributed by atoms with Crippen molar-refractivity contribution in [1.29, 1.82) is 0 Å². The van der Waals surface area contributed by atoms with Crippen LogP contribution in [0.5, 0.6) is 11.5 Å². The summed E-state index contributed by atoms with van der Waals surface area (Å²) < 4.78 is 6.15. The number of benzene rings is 4. The van der Waals surface area contributed by atoms with Crippen LogP contribution < -0.4 is 20.3 Å². The molecule has 0 bridgehead atoms. The van der Waals surface area contributed by atoms with Crippen molar-refractivity contribution in [3.8, 4) is 11.5 Å². The van der Waals surface area contributed by atoms with Gasteiger partial charge in [0.25, 0.3) is 11.8 Å². The zero-order chi connectivity index (χ0) is 37.2. The van der Waals surface area contributed by atoms with Gasteiger partial charge in [-0.15, -0.1) is 0 Å². The first-order valence-corrected chi connectivity index (χ1v) is 19.2. The molecule has 3 atom stereocenters. The highest BCUT2D eigenvalue weighted by molar-refractivity contribution is 6.23. The lowest BCUT2D eigenvalue weighted by atomic mass is 9.76. The SMILES string of the molecule is C=C1CCC(N2C(=O)c3ccc(NCCCCCN4CCN(c5ccc(C6c7ccc(O)cc7OCC6c6ccccc6)cc5)CC4)cc3C2=O)C(=O)N1. The molecule has 0 saturated carbocycles. The fourth-order valence-corrected chi connectivity index (χ4v) is 8.45. The summed E-state index contributed by atoms with van der Waals surface area (Å²) in [7, 11) is 0. The fourth-order valence-electron chi connectivity index (χ4n) is 8.45. The molecular weight excluding hydrogens is 679 g/mol. The number of hydrogen-bond acceptors (Lipinski definition) is 8. The molecule has 2 saturated heterocycles. The van der Waals surface area contributed by atoms with E-state index in [2.05, 4.69) is 75.5 Å². The van der Waals surface area contributed by atoms with Gasteiger partial charge in [0.15, 0.2) is 0 Å². The molecule has 3 unspecified atom stereocenters. The van der Waals surface area contributed by atoms with Crippen LogP contribution in [0, 0.1) is 0 Å². The van der Waals surface area contributed by atoms with Crippen LogP contribution in [0.1, 0.15) is 81.3 Å². The van der Waals surface area contributed by atoms with Gasteiger partial charge in [-0.05, 0) is 79.8 Å². The van der Waals surface area contributed by atoms with Gasteiger partial charge in [0.2, 0.25) is 5.91 Å². The fraction of sp³-hybridized carbons (Fsp3) is 0.341. The van der Waals surface area contributed by atoms with E-state index in [0.717, 1.165) is 80.4 Å². The number of rotatable bonds is 11. The predicted octanol–water partition coefficient (Wildman–Crippen LogP) is 6.49. The van der Waals surface area contributed by atoms with Crippen molar-refractivity contribution in [3.63, 3.8) is 0 Å². The Morgan fingerprint density at radius 3 is 2.37 bits per heavy atom. The number of fused-ring (bicyclic) bond motifs is 2. The summed E-state index contributed by atoms with van der Waals surface area (Å²) >= 11 is 0. The maximum absolute atomic E-state index is 13.2. The topological polar surface area (TPSA) is 114 Å². The number of nitrogens with one attached hydrogen (secondary N) is 2. The monoisotopic (exact) mass is 725 g/mol. The van der Waals surface area contributed by atoms with E-state index in [1.807, 2.05) is 18.2 Å². The van der Waals surface area contributed by atoms with Gasteiger partial charge < -0.3 is 25.4 Å². The van der Waals surface area contributed by atoms with E-state index in [0.29, 0.717) is 36.3 Å². The number of hydrogen-bond donors (Lipinski definition) is 3. The summed E-state index contributed by atoms with van der Waals surface area (Å²) in [4.78, 5) is 44.8. The average Bonchev–Trinajstić information content (AvgIpc) is 3.44. The molecule has 278 valence electrons. The maximum atomic E-state index is 13.2. The number of ether oxygens (including phenoxy) is 1. The van der Waals surface area contributed by atoms with E-state index in [1.165, 1.54) is 16.8 Å². The first kappa shape index (κ1) is 35.4. The maximum Gasteiger partial charge on any atom is 0.262 e. The Morgan fingerprint density at radius 2 is 1.59 bits per heavy atom. The Labute approximate surface area is 316 Å². The van der Waals surface area contributed by atoms with E-state index in [4.69, 9.17) is 4.74 Å². The number of nitrogens with zero attached hydrogens (tertiary/aromatic N) is 3. The second kappa shape index (κ2) is 15.4. The average molecular weight is 726 g/mol. The van der Waals surface area contributed by atoms with Crippen LogP contribution in [-0.4, -0.2) is 84.5 Å². The molecule has 4 aliphatic rings. The van der Waals surface area contributed by atoms with Gasteiger partial charge in [0, 0.05) is 73.3 Å². The second-order valence-corrected chi connectivity index (χ2v) is 14.8. The summed E-state index contributed by atoms with van der Waals surface area (Å²) in [5, 5.41) is 16.2. The predicted molar refractivity (Wildman–Crippen MR) is 209 cm³/mol. The van der Waals surface area contributed by atoms with Gasteiger partial charge in [-0.2, -0.15) is 0 Å². The third-order valence-corrected chi connectivity index (χ3v) is 11.4. The van der Waals surface area contributed by atoms with Crippen molar-refractivity contribution in [2.75, 3.05) is 56.1 Å². The quantitative estimate of drug-likeness (QED) is 0.119. The lowest BCUT2D eigenvalue weighted by molar-refractivity contribution is -0.125. The van der Waals surface area contributed by atoms with E-state index in [1.54, 1.807) is 24.3 Å². The molecule has 4 aromatic carbocycles. The summed E-state index contributed by atoms with van der Waals surface area (Å²) in [6.07, 6.45) is 4.14. The Balaban J connectivity index is 0.788. The number of carbonyl (C=O) groups excluding carboxylic acids is 3. The van der Waals surface area contributed by atoms with Gasteiger partial charge in [0.05, 0.1) is 17.7 Å². The molecule has 0 spiro atoms. The van der Waals surface area contributed by atoms with Crippen LogP contribution in [0.25, 0.3) is 0 Å². The van der Waals surface area contributed by atoms with Crippen LogP contribution in [0.2, 0.25) is 0 Å². The zero-order valence-electron chi connectivity index (χ0n) is 30.5. The number of imide groups is 1. The summed E-state index contributed by atoms with van der Waals surface area (Å²) in [5.41, 5.74) is 6.96. The lowest BCUT2D eigenvalue weighted by Crippen LogP contribution is -2.51. The van der Waals surface area contributed by atoms with Crippen molar-refractivity contribution in [1.82, 2.24) is 15.1 Å². The van der Waals surface area contributed by atoms with Crippen molar-refractivity contribution in [2.24, 2.45) is 0 Å². The number of piperidine rings is 1. The van der Waals surface area contributed by atoms with Crippen LogP contribution in [0.4, 0.5) is 11.4 Å². The summed E-state index contributed by atoms with van der Waals surface area (Å²) in [6.45, 7) is 10.2. The molecule has 10 nitrogen and oxygen atoms in total. The highest BCUT2D eigenvalue weighted by Gasteiger charge is 2.44. The first-order valence-electron chi connectivity index (χ1n) is 19.2. The van der Waals surface area contributed by atoms with Gasteiger partial charge in [-0.25, -0.2) is 0 Å². The molecule has 2 fully saturated rings. The van der Waals surface area contributed by atoms with Crippen LogP contribution >= 0.6 is 0 Å². The molecule has 3 N–H and O–H groups in total. The number of amides is 3. The van der Waals surface area contributed by atoms with Gasteiger partial charge in [0.1, 0.15) is 17.5 Å². The number of allylic oxidation sites excluding steroid dienone is 1. The molecule has 4 heterocycles. The Bertz CT molecular complexity index is 2040. The van der Waals surface area contributed by atoms with Gasteiger partial charge >= 0.3 is 0 Å². The number of carbonyl (C=O) groups is 3. The largest absolute Gasteiger partial charge is 0.508 e. The number of anilines is 2. The molecule has 0 aromatic heterocycles. The summed E-state index contributed by atoms with van der Waals surface area (Å²) in [5.74, 6) is 0.103. The molecule has 0 radical (unpaired) electrons. The number of phenols is 1. The Hall–Kier alpha value is -5.61. The Morgan fingerprint density at radius 1 is 0.815 bits per heavy atom. The van der Waals surface area contributed by atoms with E-state index in [9.17, 15) is 19.5 Å². The Kier molecular flexibility index (Phi) is 10.1. The molecule has 54 heavy (non-hydrogen) atoms. The highest BCUT2D eigenvalue weighted by Crippen LogP contribution is 2.47. The third kappa shape index (κ3) is 7.18. The van der Waals surface area contributed by atoms with E-state index < -0.39 is 17.9 Å². The first-order chi connectivity index (χ1) is 26.3. The minimum atomic E-state index is -0.803. The minimum Gasteiger partial charge on any atom is -0.508 e. The van der Waals surface area contributed by atoms with Gasteiger partial charge in [-0.1, -0.05) is 61.5 Å². The lowest BCUT2D eigenvalue weighted by Gasteiger charge is -2.37. The minimum absolute atomic E-state index is 0.130. The van der Waals surface area contributed by atoms with Crippen LogP contribution in [0.3, 0.4) is 0 Å². The number of phenolic OH excluding ortho intramolecular Hbond substituents is 1. The van der Waals surface area contributed by atoms with Crippen molar-refractivity contribution < 1.29 is 24.2 Å². The normalized spacial score (nSPS) is 21.4. The molecular formula is C44H47N5O5. The zero-order valence-corrected chi connectivity index (χ0v) is 30.5. The van der Waals surface area contributed by atoms with E-state index >= 15 is 0 Å². The van der Waals surface area contributed by atoms with Crippen molar-refractivity contribution >= 4 is 29.1 Å². The molecule has 4 aromatic rings. The van der Waals surface area contributed by atoms with Crippen molar-refractivity contribution in [3.05, 3.63) is 131 Å².